The average Bonchev–Trinajstić information content (AvgIpc) is 2.42. The van der Waals surface area contributed by atoms with Crippen LogP contribution in [0.3, 0.4) is 0 Å². The van der Waals surface area contributed by atoms with E-state index < -0.39 is 11.0 Å². The number of aliphatic hydroxyl groups excluding tert-OH is 1. The number of nitro groups is 1. The van der Waals surface area contributed by atoms with E-state index in [-0.39, 0.29) is 5.69 Å². The number of ether oxygens (including phenoxy) is 1. The van der Waals surface area contributed by atoms with Gasteiger partial charge in [0.25, 0.3) is 5.69 Å². The number of non-ortho nitro benzene ring substituents is 1. The van der Waals surface area contributed by atoms with E-state index in [1.165, 1.54) is 12.1 Å². The molecule has 0 saturated carbocycles. The molecule has 0 heterocycles. The molecule has 0 aromatic heterocycles. The summed E-state index contributed by atoms with van der Waals surface area (Å²) in [5.74, 6) is 0.843. The van der Waals surface area contributed by atoms with Gasteiger partial charge in [-0.15, -0.1) is 0 Å². The third-order valence-corrected chi connectivity index (χ3v) is 4.06. The molecule has 5 nitrogen and oxygen atoms in total. The van der Waals surface area contributed by atoms with Crippen LogP contribution in [0.2, 0.25) is 0 Å². The lowest BCUT2D eigenvalue weighted by atomic mass is 10.1. The first-order valence-electron chi connectivity index (χ1n) is 5.98. The summed E-state index contributed by atoms with van der Waals surface area (Å²) in [6, 6.07) is 9.46. The highest BCUT2D eigenvalue weighted by atomic mass is 79.9. The molecular weight excluding hydrogens is 406 g/mol. The van der Waals surface area contributed by atoms with Gasteiger partial charge in [0.15, 0.2) is 0 Å². The average molecular weight is 417 g/mol. The Morgan fingerprint density at radius 1 is 1.14 bits per heavy atom. The normalized spacial score (nSPS) is 12.0. The molecule has 2 aromatic rings. The second kappa shape index (κ2) is 6.55. The zero-order valence-corrected chi connectivity index (χ0v) is 14.1. The van der Waals surface area contributed by atoms with Crippen molar-refractivity contribution in [3.63, 3.8) is 0 Å². The van der Waals surface area contributed by atoms with E-state index in [0.29, 0.717) is 20.4 Å². The van der Waals surface area contributed by atoms with Gasteiger partial charge >= 0.3 is 0 Å². The molecule has 2 aromatic carbocycles. The van der Waals surface area contributed by atoms with E-state index in [0.717, 1.165) is 5.56 Å². The Hall–Kier alpha value is -1.44. The number of benzene rings is 2. The summed E-state index contributed by atoms with van der Waals surface area (Å²) in [7, 11) is 0. The van der Waals surface area contributed by atoms with Gasteiger partial charge < -0.3 is 9.84 Å². The summed E-state index contributed by atoms with van der Waals surface area (Å²) < 4.78 is 6.95. The minimum Gasteiger partial charge on any atom is -0.455 e. The maximum Gasteiger partial charge on any atom is 0.273 e. The molecule has 0 bridgehead atoms. The lowest BCUT2D eigenvalue weighted by molar-refractivity contribution is -0.384. The molecule has 2 rings (SSSR count). The Labute approximate surface area is 138 Å². The highest BCUT2D eigenvalue weighted by molar-refractivity contribution is 9.11. The molecule has 0 amide bonds. The fourth-order valence-electron chi connectivity index (χ4n) is 1.66. The maximum atomic E-state index is 10.8. The monoisotopic (exact) mass is 415 g/mol. The van der Waals surface area contributed by atoms with Gasteiger partial charge in [-0.05, 0) is 62.5 Å². The van der Waals surface area contributed by atoms with Gasteiger partial charge in [-0.25, -0.2) is 0 Å². The van der Waals surface area contributed by atoms with Crippen molar-refractivity contribution in [3.05, 3.63) is 61.0 Å². The number of hydrogen-bond donors (Lipinski definition) is 1. The zero-order chi connectivity index (χ0) is 15.6. The Kier molecular flexibility index (Phi) is 4.97. The molecule has 0 saturated heterocycles. The molecule has 1 atom stereocenters. The van der Waals surface area contributed by atoms with Crippen LogP contribution in [0.1, 0.15) is 18.6 Å². The molecule has 0 aliphatic carbocycles. The van der Waals surface area contributed by atoms with Gasteiger partial charge in [0.1, 0.15) is 11.5 Å². The SMILES string of the molecule is C[C@H](O)c1ccc(Oc2cc([N+](=O)[O-])ccc2Br)c(Br)c1. The number of halogens is 2. The second-order valence-electron chi connectivity index (χ2n) is 4.34. The van der Waals surface area contributed by atoms with Crippen LogP contribution in [-0.2, 0) is 0 Å². The summed E-state index contributed by atoms with van der Waals surface area (Å²) in [5.41, 5.74) is 0.692. The van der Waals surface area contributed by atoms with Crippen molar-refractivity contribution >= 4 is 37.5 Å². The predicted octanol–water partition coefficient (Wildman–Crippen LogP) is 4.97. The molecule has 0 spiro atoms. The van der Waals surface area contributed by atoms with Crippen LogP contribution < -0.4 is 4.74 Å². The number of nitro benzene ring substituents is 1. The quantitative estimate of drug-likeness (QED) is 0.564. The molecule has 0 fully saturated rings. The predicted molar refractivity (Wildman–Crippen MR) is 85.6 cm³/mol. The van der Waals surface area contributed by atoms with Crippen molar-refractivity contribution in [2.45, 2.75) is 13.0 Å². The topological polar surface area (TPSA) is 72.6 Å². The molecule has 21 heavy (non-hydrogen) atoms. The van der Waals surface area contributed by atoms with Gasteiger partial charge in [-0.2, -0.15) is 0 Å². The van der Waals surface area contributed by atoms with E-state index >= 15 is 0 Å². The first-order valence-corrected chi connectivity index (χ1v) is 7.56. The van der Waals surface area contributed by atoms with E-state index in [9.17, 15) is 15.2 Å². The fourth-order valence-corrected chi connectivity index (χ4v) is 2.47. The molecule has 0 aliphatic heterocycles. The van der Waals surface area contributed by atoms with Gasteiger partial charge in [0.2, 0.25) is 0 Å². The van der Waals surface area contributed by atoms with Crippen molar-refractivity contribution in [1.29, 1.82) is 0 Å². The van der Waals surface area contributed by atoms with Crippen LogP contribution >= 0.6 is 31.9 Å². The summed E-state index contributed by atoms with van der Waals surface area (Å²) in [4.78, 5) is 10.3. The highest BCUT2D eigenvalue weighted by Crippen LogP contribution is 2.37. The van der Waals surface area contributed by atoms with Crippen LogP contribution in [0.4, 0.5) is 5.69 Å². The van der Waals surface area contributed by atoms with Crippen LogP contribution in [0.25, 0.3) is 0 Å². The zero-order valence-electron chi connectivity index (χ0n) is 10.9. The maximum absolute atomic E-state index is 10.8. The van der Waals surface area contributed by atoms with Crippen molar-refractivity contribution in [2.24, 2.45) is 0 Å². The lowest BCUT2D eigenvalue weighted by Crippen LogP contribution is -1.94. The van der Waals surface area contributed by atoms with Crippen molar-refractivity contribution in [1.82, 2.24) is 0 Å². The highest BCUT2D eigenvalue weighted by Gasteiger charge is 2.13. The molecule has 0 aliphatic rings. The first-order chi connectivity index (χ1) is 9.88. The summed E-state index contributed by atoms with van der Waals surface area (Å²) in [5, 5.41) is 20.3. The smallest absolute Gasteiger partial charge is 0.273 e. The van der Waals surface area contributed by atoms with Crippen molar-refractivity contribution < 1.29 is 14.8 Å². The van der Waals surface area contributed by atoms with E-state index in [2.05, 4.69) is 31.9 Å². The second-order valence-corrected chi connectivity index (χ2v) is 6.05. The number of nitrogens with zero attached hydrogens (tertiary/aromatic N) is 1. The Bertz CT molecular complexity index is 689. The minimum atomic E-state index is -0.583. The minimum absolute atomic E-state index is 0.0510. The third kappa shape index (κ3) is 3.81. The summed E-state index contributed by atoms with van der Waals surface area (Å²) >= 11 is 6.66. The van der Waals surface area contributed by atoms with Gasteiger partial charge in [-0.1, -0.05) is 6.07 Å². The Morgan fingerprint density at radius 3 is 2.43 bits per heavy atom. The summed E-state index contributed by atoms with van der Waals surface area (Å²) in [6.07, 6.45) is -0.583. The Balaban J connectivity index is 2.34. The molecule has 0 unspecified atom stereocenters. The van der Waals surface area contributed by atoms with E-state index in [4.69, 9.17) is 4.74 Å². The van der Waals surface area contributed by atoms with Crippen LogP contribution in [0, 0.1) is 10.1 Å². The molecular formula is C14H11Br2NO4. The van der Waals surface area contributed by atoms with Gasteiger partial charge in [0.05, 0.1) is 26.0 Å². The standard InChI is InChI=1S/C14H11Br2NO4/c1-8(18)9-2-5-13(12(16)6-9)21-14-7-10(17(19)20)3-4-11(14)15/h2-8,18H,1H3/t8-/m0/s1. The molecule has 110 valence electrons. The third-order valence-electron chi connectivity index (χ3n) is 2.78. The largest absolute Gasteiger partial charge is 0.455 e. The van der Waals surface area contributed by atoms with Crippen molar-refractivity contribution in [2.75, 3.05) is 0 Å². The first kappa shape index (κ1) is 15.9. The van der Waals surface area contributed by atoms with Crippen LogP contribution in [0.15, 0.2) is 45.3 Å². The summed E-state index contributed by atoms with van der Waals surface area (Å²) in [6.45, 7) is 1.67. The van der Waals surface area contributed by atoms with Gasteiger partial charge in [0, 0.05) is 6.07 Å². The number of rotatable bonds is 4. The molecule has 1 N–H and O–H groups in total. The van der Waals surface area contributed by atoms with E-state index in [1.54, 1.807) is 31.2 Å². The number of aliphatic hydroxyl groups is 1. The molecule has 0 radical (unpaired) electrons. The van der Waals surface area contributed by atoms with Crippen LogP contribution in [-0.4, -0.2) is 10.0 Å². The molecule has 7 heteroatoms. The Morgan fingerprint density at radius 2 is 1.86 bits per heavy atom. The lowest BCUT2D eigenvalue weighted by Gasteiger charge is -2.11. The van der Waals surface area contributed by atoms with Crippen molar-refractivity contribution in [3.8, 4) is 11.5 Å². The number of hydrogen-bond acceptors (Lipinski definition) is 4. The van der Waals surface area contributed by atoms with E-state index in [1.807, 2.05) is 0 Å². The van der Waals surface area contributed by atoms with Crippen LogP contribution in [0.5, 0.6) is 11.5 Å². The fraction of sp³-hybridized carbons (Fsp3) is 0.143. The van der Waals surface area contributed by atoms with Gasteiger partial charge in [-0.3, -0.25) is 10.1 Å².